The second-order valence-corrected chi connectivity index (χ2v) is 4.84. The van der Waals surface area contributed by atoms with E-state index in [1.165, 1.54) is 12.1 Å². The van der Waals surface area contributed by atoms with E-state index in [0.29, 0.717) is 6.61 Å². The molecule has 7 nitrogen and oxygen atoms in total. The molecule has 20 heavy (non-hydrogen) atoms. The Kier molecular flexibility index (Phi) is 2.98. The van der Waals surface area contributed by atoms with Gasteiger partial charge in [0.05, 0.1) is 28.7 Å². The second-order valence-electron chi connectivity index (χ2n) is 4.84. The Morgan fingerprint density at radius 3 is 2.70 bits per heavy atom. The molecule has 1 fully saturated rings. The summed E-state index contributed by atoms with van der Waals surface area (Å²) in [7, 11) is 0. The molecule has 0 aliphatic carbocycles. The van der Waals surface area contributed by atoms with E-state index in [1.807, 2.05) is 0 Å². The number of non-ortho nitro benzene ring substituents is 1. The molecule has 2 heterocycles. The van der Waals surface area contributed by atoms with Crippen molar-refractivity contribution < 1.29 is 19.2 Å². The Morgan fingerprint density at radius 1 is 1.30 bits per heavy atom. The predicted molar refractivity (Wildman–Crippen MR) is 67.4 cm³/mol. The van der Waals surface area contributed by atoms with Crippen LogP contribution in [0.3, 0.4) is 0 Å². The Morgan fingerprint density at radius 2 is 2.05 bits per heavy atom. The van der Waals surface area contributed by atoms with Crippen molar-refractivity contribution in [3.05, 3.63) is 39.4 Å². The standard InChI is InChI=1S/C13H12N2O5/c16-12-10-4-3-8(15(18)19)6-11(10)13(17)14(12)7-9-2-1-5-20-9/h3-4,6,9H,1-2,5,7H2. The summed E-state index contributed by atoms with van der Waals surface area (Å²) in [6.45, 7) is 0.847. The molecule has 2 aliphatic rings. The van der Waals surface area contributed by atoms with Crippen LogP contribution in [0.1, 0.15) is 33.6 Å². The quantitative estimate of drug-likeness (QED) is 0.472. The van der Waals surface area contributed by atoms with Crippen LogP contribution >= 0.6 is 0 Å². The highest BCUT2D eigenvalue weighted by molar-refractivity contribution is 6.21. The van der Waals surface area contributed by atoms with E-state index < -0.39 is 16.7 Å². The lowest BCUT2D eigenvalue weighted by molar-refractivity contribution is -0.384. The summed E-state index contributed by atoms with van der Waals surface area (Å²) in [5.41, 5.74) is 0.129. The molecule has 1 atom stereocenters. The number of fused-ring (bicyclic) bond motifs is 1. The number of carbonyl (C=O) groups is 2. The van der Waals surface area contributed by atoms with Gasteiger partial charge in [-0.15, -0.1) is 0 Å². The zero-order chi connectivity index (χ0) is 14.3. The number of rotatable bonds is 3. The second kappa shape index (κ2) is 4.68. The van der Waals surface area contributed by atoms with E-state index in [0.717, 1.165) is 23.8 Å². The average Bonchev–Trinajstić information content (AvgIpc) is 3.02. The van der Waals surface area contributed by atoms with Gasteiger partial charge in [-0.2, -0.15) is 0 Å². The van der Waals surface area contributed by atoms with Gasteiger partial charge in [0, 0.05) is 18.7 Å². The number of amides is 2. The first-order chi connectivity index (χ1) is 9.58. The van der Waals surface area contributed by atoms with Crippen molar-refractivity contribution in [2.24, 2.45) is 0 Å². The molecule has 1 aromatic rings. The van der Waals surface area contributed by atoms with Crippen LogP contribution in [0.2, 0.25) is 0 Å². The summed E-state index contributed by atoms with van der Waals surface area (Å²) in [5.74, 6) is -0.889. The Balaban J connectivity index is 1.88. The summed E-state index contributed by atoms with van der Waals surface area (Å²) >= 11 is 0. The third-order valence-electron chi connectivity index (χ3n) is 3.58. The van der Waals surface area contributed by atoms with E-state index in [9.17, 15) is 19.7 Å². The number of nitrogens with zero attached hydrogens (tertiary/aromatic N) is 2. The van der Waals surface area contributed by atoms with Gasteiger partial charge in [0.1, 0.15) is 0 Å². The summed E-state index contributed by atoms with van der Waals surface area (Å²) in [5, 5.41) is 10.7. The first kappa shape index (κ1) is 12.7. The molecule has 0 bridgehead atoms. The normalized spacial score (nSPS) is 21.4. The largest absolute Gasteiger partial charge is 0.376 e. The molecular weight excluding hydrogens is 264 g/mol. The molecule has 104 valence electrons. The van der Waals surface area contributed by atoms with Gasteiger partial charge in [-0.1, -0.05) is 0 Å². The predicted octanol–water partition coefficient (Wildman–Crippen LogP) is 1.37. The zero-order valence-corrected chi connectivity index (χ0v) is 10.6. The lowest BCUT2D eigenvalue weighted by Gasteiger charge is -2.17. The minimum atomic E-state index is -0.583. The topological polar surface area (TPSA) is 89.8 Å². The van der Waals surface area contributed by atoms with E-state index in [2.05, 4.69) is 0 Å². The van der Waals surface area contributed by atoms with Crippen molar-refractivity contribution in [2.75, 3.05) is 13.2 Å². The van der Waals surface area contributed by atoms with Gasteiger partial charge >= 0.3 is 0 Å². The molecule has 2 amide bonds. The third-order valence-corrected chi connectivity index (χ3v) is 3.58. The van der Waals surface area contributed by atoms with Crippen LogP contribution in [0.4, 0.5) is 5.69 Å². The Hall–Kier alpha value is -2.28. The highest BCUT2D eigenvalue weighted by Gasteiger charge is 2.38. The molecule has 1 saturated heterocycles. The van der Waals surface area contributed by atoms with Gasteiger partial charge in [-0.25, -0.2) is 0 Å². The number of imide groups is 1. The minimum Gasteiger partial charge on any atom is -0.376 e. The van der Waals surface area contributed by atoms with Crippen LogP contribution in [0.25, 0.3) is 0 Å². The van der Waals surface area contributed by atoms with E-state index in [4.69, 9.17) is 4.74 Å². The molecule has 0 saturated carbocycles. The van der Waals surface area contributed by atoms with E-state index in [-0.39, 0.29) is 29.5 Å². The van der Waals surface area contributed by atoms with Crippen LogP contribution in [-0.4, -0.2) is 40.9 Å². The molecule has 0 radical (unpaired) electrons. The maximum Gasteiger partial charge on any atom is 0.270 e. The van der Waals surface area contributed by atoms with Crippen molar-refractivity contribution in [2.45, 2.75) is 18.9 Å². The van der Waals surface area contributed by atoms with Gasteiger partial charge in [0.2, 0.25) is 0 Å². The van der Waals surface area contributed by atoms with Crippen molar-refractivity contribution in [3.63, 3.8) is 0 Å². The van der Waals surface area contributed by atoms with Crippen molar-refractivity contribution >= 4 is 17.5 Å². The van der Waals surface area contributed by atoms with Gasteiger partial charge < -0.3 is 4.74 Å². The highest BCUT2D eigenvalue weighted by Crippen LogP contribution is 2.28. The number of hydrogen-bond donors (Lipinski definition) is 0. The molecule has 3 rings (SSSR count). The molecule has 0 N–H and O–H groups in total. The number of nitro benzene ring substituents is 1. The van der Waals surface area contributed by atoms with Gasteiger partial charge in [0.25, 0.3) is 17.5 Å². The SMILES string of the molecule is O=C1c2ccc([N+](=O)[O-])cc2C(=O)N1CC1CCCO1. The van der Waals surface area contributed by atoms with Gasteiger partial charge in [-0.3, -0.25) is 24.6 Å². The smallest absolute Gasteiger partial charge is 0.270 e. The zero-order valence-electron chi connectivity index (χ0n) is 10.6. The fourth-order valence-corrected chi connectivity index (χ4v) is 2.55. The third kappa shape index (κ3) is 1.96. The molecule has 1 aromatic carbocycles. The lowest BCUT2D eigenvalue weighted by Crippen LogP contribution is -2.36. The first-order valence-electron chi connectivity index (χ1n) is 6.34. The maximum atomic E-state index is 12.2. The van der Waals surface area contributed by atoms with Crippen LogP contribution < -0.4 is 0 Å². The number of benzene rings is 1. The summed E-state index contributed by atoms with van der Waals surface area (Å²) < 4.78 is 5.42. The van der Waals surface area contributed by atoms with Crippen LogP contribution in [-0.2, 0) is 4.74 Å². The molecule has 0 aromatic heterocycles. The van der Waals surface area contributed by atoms with E-state index >= 15 is 0 Å². The summed E-state index contributed by atoms with van der Waals surface area (Å²) in [4.78, 5) is 35.6. The van der Waals surface area contributed by atoms with Crippen LogP contribution in [0.15, 0.2) is 18.2 Å². The molecule has 2 aliphatic heterocycles. The molecule has 1 unspecified atom stereocenters. The fourth-order valence-electron chi connectivity index (χ4n) is 2.55. The average molecular weight is 276 g/mol. The van der Waals surface area contributed by atoms with Crippen LogP contribution in [0.5, 0.6) is 0 Å². The highest BCUT2D eigenvalue weighted by atomic mass is 16.6. The number of carbonyl (C=O) groups excluding carboxylic acids is 2. The molecule has 0 spiro atoms. The minimum absolute atomic E-state index is 0.0993. The Labute approximate surface area is 114 Å². The van der Waals surface area contributed by atoms with Gasteiger partial charge in [0.15, 0.2) is 0 Å². The molecular formula is C13H12N2O5. The number of ether oxygens (including phenoxy) is 1. The summed E-state index contributed by atoms with van der Waals surface area (Å²) in [6, 6.07) is 3.73. The number of nitro groups is 1. The first-order valence-corrected chi connectivity index (χ1v) is 6.34. The van der Waals surface area contributed by atoms with Crippen molar-refractivity contribution in [3.8, 4) is 0 Å². The van der Waals surface area contributed by atoms with Crippen molar-refractivity contribution in [1.82, 2.24) is 4.90 Å². The summed E-state index contributed by atoms with van der Waals surface area (Å²) in [6.07, 6.45) is 1.60. The lowest BCUT2D eigenvalue weighted by atomic mass is 10.1. The van der Waals surface area contributed by atoms with Gasteiger partial charge in [-0.05, 0) is 18.9 Å². The molecule has 7 heteroatoms. The number of hydrogen-bond acceptors (Lipinski definition) is 5. The Bertz CT molecular complexity index is 607. The van der Waals surface area contributed by atoms with E-state index in [1.54, 1.807) is 0 Å². The van der Waals surface area contributed by atoms with Crippen molar-refractivity contribution in [1.29, 1.82) is 0 Å². The monoisotopic (exact) mass is 276 g/mol. The van der Waals surface area contributed by atoms with Crippen LogP contribution in [0, 0.1) is 10.1 Å². The maximum absolute atomic E-state index is 12.2. The fraction of sp³-hybridized carbons (Fsp3) is 0.385.